The maximum absolute atomic E-state index is 12.9. The summed E-state index contributed by atoms with van der Waals surface area (Å²) in [6.45, 7) is 1.32. The van der Waals surface area contributed by atoms with Crippen LogP contribution in [0.1, 0.15) is 12.5 Å². The van der Waals surface area contributed by atoms with E-state index in [-0.39, 0.29) is 22.6 Å². The third-order valence-electron chi connectivity index (χ3n) is 4.35. The number of ether oxygens (including phenoxy) is 1. The Morgan fingerprint density at radius 1 is 1.32 bits per heavy atom. The van der Waals surface area contributed by atoms with E-state index in [1.807, 2.05) is 6.07 Å². The van der Waals surface area contributed by atoms with Gasteiger partial charge in [-0.3, -0.25) is 19.0 Å². The van der Waals surface area contributed by atoms with Crippen molar-refractivity contribution < 1.29 is 14.3 Å². The van der Waals surface area contributed by atoms with Crippen molar-refractivity contribution in [3.8, 4) is 6.07 Å². The van der Waals surface area contributed by atoms with Crippen LogP contribution in [0.25, 0.3) is 10.9 Å². The molecule has 0 fully saturated rings. The van der Waals surface area contributed by atoms with Gasteiger partial charge in [-0.1, -0.05) is 35.5 Å². The average molecular weight is 457 g/mol. The van der Waals surface area contributed by atoms with Gasteiger partial charge in [0.2, 0.25) is 5.91 Å². The molecular formula is C21H17ClN4O4S. The molecule has 0 bridgehead atoms. The predicted molar refractivity (Wildman–Crippen MR) is 118 cm³/mol. The third-order valence-corrected chi connectivity index (χ3v) is 5.75. The Kier molecular flexibility index (Phi) is 6.95. The van der Waals surface area contributed by atoms with E-state index in [0.29, 0.717) is 22.2 Å². The Hall–Kier alpha value is -3.35. The van der Waals surface area contributed by atoms with Crippen molar-refractivity contribution >= 4 is 51.8 Å². The van der Waals surface area contributed by atoms with Crippen LogP contribution in [0.4, 0.5) is 5.69 Å². The number of nitrogens with one attached hydrogen (secondary N) is 1. The Bertz CT molecular complexity index is 1270. The number of methoxy groups -OCH3 is 1. The monoisotopic (exact) mass is 456 g/mol. The number of fused-ring (bicyclic) bond motifs is 1. The summed E-state index contributed by atoms with van der Waals surface area (Å²) in [5, 5.41) is 11.8. The molecule has 0 aliphatic carbocycles. The number of hydrogen-bond donors (Lipinski definition) is 1. The number of rotatable bonds is 6. The van der Waals surface area contributed by atoms with Gasteiger partial charge >= 0.3 is 5.97 Å². The first kappa shape index (κ1) is 22.3. The van der Waals surface area contributed by atoms with Crippen LogP contribution in [-0.4, -0.2) is 33.8 Å². The van der Waals surface area contributed by atoms with Gasteiger partial charge in [0.15, 0.2) is 5.16 Å². The molecule has 158 valence electrons. The van der Waals surface area contributed by atoms with E-state index in [4.69, 9.17) is 16.9 Å². The summed E-state index contributed by atoms with van der Waals surface area (Å²) in [5.74, 6) is -0.969. The Morgan fingerprint density at radius 3 is 2.74 bits per heavy atom. The number of esters is 1. The molecule has 0 spiro atoms. The third kappa shape index (κ3) is 5.05. The van der Waals surface area contributed by atoms with E-state index in [2.05, 4.69) is 15.0 Å². The van der Waals surface area contributed by atoms with E-state index >= 15 is 0 Å². The molecule has 0 saturated heterocycles. The summed E-state index contributed by atoms with van der Waals surface area (Å²) >= 11 is 7.04. The topological polar surface area (TPSA) is 114 Å². The van der Waals surface area contributed by atoms with Gasteiger partial charge < -0.3 is 10.1 Å². The van der Waals surface area contributed by atoms with E-state index in [1.165, 1.54) is 23.8 Å². The minimum atomic E-state index is -0.661. The SMILES string of the molecule is COC(=O)Cn1c(SC(C)C(=O)Nc2ccc(C#N)c(Cl)c2)nc2ccccc2c1=O. The van der Waals surface area contributed by atoms with E-state index in [1.54, 1.807) is 37.3 Å². The van der Waals surface area contributed by atoms with Crippen LogP contribution in [0.5, 0.6) is 0 Å². The fourth-order valence-electron chi connectivity index (χ4n) is 2.71. The molecule has 0 saturated carbocycles. The molecule has 1 amide bonds. The number of nitrogens with zero attached hydrogens (tertiary/aromatic N) is 3. The second-order valence-corrected chi connectivity index (χ2v) is 8.15. The predicted octanol–water partition coefficient (Wildman–Crippen LogP) is 3.21. The van der Waals surface area contributed by atoms with Crippen molar-refractivity contribution in [2.75, 3.05) is 12.4 Å². The second kappa shape index (κ2) is 9.64. The Morgan fingerprint density at radius 2 is 2.06 bits per heavy atom. The van der Waals surface area contributed by atoms with Gasteiger partial charge in [-0.05, 0) is 37.3 Å². The van der Waals surface area contributed by atoms with Gasteiger partial charge in [0, 0.05) is 5.69 Å². The molecule has 1 aromatic heterocycles. The molecule has 31 heavy (non-hydrogen) atoms. The maximum Gasteiger partial charge on any atom is 0.325 e. The Balaban J connectivity index is 1.88. The summed E-state index contributed by atoms with van der Waals surface area (Å²) < 4.78 is 5.88. The molecule has 0 radical (unpaired) electrons. The summed E-state index contributed by atoms with van der Waals surface area (Å²) in [6.07, 6.45) is 0. The molecule has 3 aromatic rings. The zero-order valence-corrected chi connectivity index (χ0v) is 18.2. The van der Waals surface area contributed by atoms with Crippen LogP contribution in [0, 0.1) is 11.3 Å². The number of carbonyl (C=O) groups excluding carboxylic acids is 2. The lowest BCUT2D eigenvalue weighted by Crippen LogP contribution is -2.29. The van der Waals surface area contributed by atoms with E-state index < -0.39 is 16.8 Å². The molecule has 1 unspecified atom stereocenters. The van der Waals surface area contributed by atoms with Crippen molar-refractivity contribution in [1.29, 1.82) is 5.26 Å². The molecule has 10 heteroatoms. The highest BCUT2D eigenvalue weighted by Gasteiger charge is 2.21. The zero-order chi connectivity index (χ0) is 22.5. The molecule has 0 aliphatic heterocycles. The Labute approximate surface area is 186 Å². The van der Waals surface area contributed by atoms with Crippen LogP contribution in [0.2, 0.25) is 5.02 Å². The molecule has 8 nitrogen and oxygen atoms in total. The van der Waals surface area contributed by atoms with Gasteiger partial charge in [-0.2, -0.15) is 5.26 Å². The molecule has 1 heterocycles. The quantitative estimate of drug-likeness (QED) is 0.344. The van der Waals surface area contributed by atoms with Crippen LogP contribution < -0.4 is 10.9 Å². The highest BCUT2D eigenvalue weighted by molar-refractivity contribution is 8.00. The van der Waals surface area contributed by atoms with Crippen LogP contribution >= 0.6 is 23.4 Å². The first-order chi connectivity index (χ1) is 14.8. The highest BCUT2D eigenvalue weighted by atomic mass is 35.5. The number of amides is 1. The number of anilines is 1. The molecular weight excluding hydrogens is 440 g/mol. The molecule has 1 atom stereocenters. The number of carbonyl (C=O) groups is 2. The van der Waals surface area contributed by atoms with E-state index in [0.717, 1.165) is 11.8 Å². The van der Waals surface area contributed by atoms with Gasteiger partial charge in [-0.15, -0.1) is 0 Å². The van der Waals surface area contributed by atoms with Crippen LogP contribution in [0.3, 0.4) is 0 Å². The fourth-order valence-corrected chi connectivity index (χ4v) is 3.84. The normalized spacial score (nSPS) is 11.5. The van der Waals surface area contributed by atoms with Crippen molar-refractivity contribution in [3.63, 3.8) is 0 Å². The minimum Gasteiger partial charge on any atom is -0.468 e. The summed E-state index contributed by atoms with van der Waals surface area (Å²) in [4.78, 5) is 41.9. The minimum absolute atomic E-state index is 0.217. The average Bonchev–Trinajstić information content (AvgIpc) is 2.76. The maximum atomic E-state index is 12.9. The number of halogens is 1. The number of aromatic nitrogens is 2. The number of hydrogen-bond acceptors (Lipinski definition) is 7. The highest BCUT2D eigenvalue weighted by Crippen LogP contribution is 2.25. The smallest absolute Gasteiger partial charge is 0.325 e. The molecule has 2 aromatic carbocycles. The van der Waals surface area contributed by atoms with Crippen molar-refractivity contribution in [2.24, 2.45) is 0 Å². The lowest BCUT2D eigenvalue weighted by Gasteiger charge is -2.16. The van der Waals surface area contributed by atoms with Gasteiger partial charge in [0.1, 0.15) is 12.6 Å². The first-order valence-corrected chi connectivity index (χ1v) is 10.3. The van der Waals surface area contributed by atoms with Gasteiger partial charge in [0.05, 0.1) is 33.8 Å². The molecule has 1 N–H and O–H groups in total. The van der Waals surface area contributed by atoms with Crippen LogP contribution in [-0.2, 0) is 20.9 Å². The fraction of sp³-hybridized carbons (Fsp3) is 0.190. The van der Waals surface area contributed by atoms with Crippen LogP contribution in [0.15, 0.2) is 52.4 Å². The zero-order valence-electron chi connectivity index (χ0n) is 16.6. The molecule has 0 aliphatic rings. The lowest BCUT2D eigenvalue weighted by molar-refractivity contribution is -0.141. The van der Waals surface area contributed by atoms with Crippen molar-refractivity contribution in [1.82, 2.24) is 9.55 Å². The van der Waals surface area contributed by atoms with Gasteiger partial charge in [0.25, 0.3) is 5.56 Å². The summed E-state index contributed by atoms with van der Waals surface area (Å²) in [5.41, 5.74) is 0.793. The molecule has 3 rings (SSSR count). The first-order valence-electron chi connectivity index (χ1n) is 9.07. The number of thioether (sulfide) groups is 1. The second-order valence-electron chi connectivity index (χ2n) is 6.43. The van der Waals surface area contributed by atoms with Crippen molar-refractivity contribution in [2.45, 2.75) is 23.9 Å². The number of benzene rings is 2. The largest absolute Gasteiger partial charge is 0.468 e. The van der Waals surface area contributed by atoms with E-state index in [9.17, 15) is 14.4 Å². The summed E-state index contributed by atoms with van der Waals surface area (Å²) in [7, 11) is 1.23. The summed E-state index contributed by atoms with van der Waals surface area (Å²) in [6, 6.07) is 13.3. The lowest BCUT2D eigenvalue weighted by atomic mass is 10.2. The van der Waals surface area contributed by atoms with Crippen molar-refractivity contribution in [3.05, 3.63) is 63.4 Å². The standard InChI is InChI=1S/C21H17ClN4O4S/c1-12(19(28)24-14-8-7-13(10-23)16(22)9-14)31-21-25-17-6-4-3-5-15(17)20(29)26(21)11-18(27)30-2/h3-9,12H,11H2,1-2H3,(H,24,28). The number of nitriles is 1. The number of para-hydroxylation sites is 1. The van der Waals surface area contributed by atoms with Gasteiger partial charge in [-0.25, -0.2) is 4.98 Å².